The Morgan fingerprint density at radius 2 is 2.05 bits per heavy atom. The van der Waals surface area contributed by atoms with Crippen LogP contribution in [-0.2, 0) is 6.54 Å². The molecule has 114 valence electrons. The second-order valence-electron chi connectivity index (χ2n) is 5.93. The first-order valence-corrected chi connectivity index (χ1v) is 7.81. The van der Waals surface area contributed by atoms with Gasteiger partial charge in [-0.1, -0.05) is 0 Å². The average molecular weight is 298 g/mol. The highest BCUT2D eigenvalue weighted by atomic mass is 19.1. The molecule has 0 spiro atoms. The number of hydrogen-bond acceptors (Lipinski definition) is 2. The number of nitrogens with one attached hydrogen (secondary N) is 1. The van der Waals surface area contributed by atoms with Crippen LogP contribution < -0.4 is 0 Å². The number of rotatable bonds is 4. The van der Waals surface area contributed by atoms with Crippen molar-refractivity contribution in [2.24, 2.45) is 0 Å². The second kappa shape index (κ2) is 5.57. The molecule has 1 fully saturated rings. The summed E-state index contributed by atoms with van der Waals surface area (Å²) in [6, 6.07) is 4.84. The molecule has 1 aliphatic rings. The van der Waals surface area contributed by atoms with Gasteiger partial charge < -0.3 is 9.88 Å². The van der Waals surface area contributed by atoms with Crippen molar-refractivity contribution < 1.29 is 4.39 Å². The van der Waals surface area contributed by atoms with Crippen molar-refractivity contribution in [1.29, 1.82) is 0 Å². The largest absolute Gasteiger partial charge is 0.360 e. The minimum absolute atomic E-state index is 0.220. The second-order valence-corrected chi connectivity index (χ2v) is 5.93. The molecule has 0 atom stereocenters. The smallest absolute Gasteiger partial charge is 0.125 e. The fourth-order valence-electron chi connectivity index (χ4n) is 3.21. The third-order valence-corrected chi connectivity index (χ3v) is 4.43. The Bertz CT molecular complexity index is 783. The first-order valence-electron chi connectivity index (χ1n) is 7.81. The van der Waals surface area contributed by atoms with Crippen LogP contribution >= 0.6 is 0 Å². The third kappa shape index (κ3) is 2.52. The van der Waals surface area contributed by atoms with Gasteiger partial charge >= 0.3 is 0 Å². The summed E-state index contributed by atoms with van der Waals surface area (Å²) in [5.41, 5.74) is 2.96. The van der Waals surface area contributed by atoms with Gasteiger partial charge in [0.2, 0.25) is 0 Å². The standard InChI is InChI=1S/C17H19FN4/c18-14-3-4-15-16(11-19-17(15)9-14)13-10-20-22(12-13)8-7-21-5-1-2-6-21/h3-4,9-12,19H,1-2,5-8H2. The number of aromatic nitrogens is 3. The molecule has 3 heterocycles. The summed E-state index contributed by atoms with van der Waals surface area (Å²) >= 11 is 0. The van der Waals surface area contributed by atoms with Gasteiger partial charge in [-0.15, -0.1) is 0 Å². The van der Waals surface area contributed by atoms with E-state index in [9.17, 15) is 4.39 Å². The third-order valence-electron chi connectivity index (χ3n) is 4.43. The molecular formula is C17H19FN4. The van der Waals surface area contributed by atoms with Gasteiger partial charge in [-0.25, -0.2) is 4.39 Å². The molecule has 1 N–H and O–H groups in total. The molecule has 1 aliphatic heterocycles. The van der Waals surface area contributed by atoms with E-state index in [1.54, 1.807) is 0 Å². The van der Waals surface area contributed by atoms with E-state index in [0.717, 1.165) is 35.1 Å². The maximum atomic E-state index is 13.3. The zero-order chi connectivity index (χ0) is 14.9. The fraction of sp³-hybridized carbons (Fsp3) is 0.353. The molecular weight excluding hydrogens is 279 g/mol. The Kier molecular flexibility index (Phi) is 3.42. The molecule has 22 heavy (non-hydrogen) atoms. The van der Waals surface area contributed by atoms with Crippen molar-refractivity contribution in [1.82, 2.24) is 19.7 Å². The van der Waals surface area contributed by atoms with Crippen molar-refractivity contribution in [2.75, 3.05) is 19.6 Å². The highest BCUT2D eigenvalue weighted by Crippen LogP contribution is 2.28. The van der Waals surface area contributed by atoms with E-state index in [-0.39, 0.29) is 5.82 Å². The Hall–Kier alpha value is -2.14. The fourth-order valence-corrected chi connectivity index (χ4v) is 3.21. The molecule has 0 saturated carbocycles. The molecule has 0 bridgehead atoms. The number of aromatic amines is 1. The Morgan fingerprint density at radius 1 is 1.18 bits per heavy atom. The minimum atomic E-state index is -0.220. The zero-order valence-electron chi connectivity index (χ0n) is 12.4. The molecule has 4 rings (SSSR count). The van der Waals surface area contributed by atoms with Crippen molar-refractivity contribution in [3.8, 4) is 11.1 Å². The molecule has 2 aromatic heterocycles. The topological polar surface area (TPSA) is 36.9 Å². The minimum Gasteiger partial charge on any atom is -0.360 e. The van der Waals surface area contributed by atoms with Gasteiger partial charge in [0.1, 0.15) is 5.82 Å². The van der Waals surface area contributed by atoms with Crippen molar-refractivity contribution >= 4 is 10.9 Å². The maximum Gasteiger partial charge on any atom is 0.125 e. The van der Waals surface area contributed by atoms with E-state index in [0.29, 0.717) is 0 Å². The maximum absolute atomic E-state index is 13.3. The molecule has 5 heteroatoms. The van der Waals surface area contributed by atoms with E-state index < -0.39 is 0 Å². The number of halogens is 1. The van der Waals surface area contributed by atoms with Gasteiger partial charge in [0.25, 0.3) is 0 Å². The van der Waals surface area contributed by atoms with E-state index in [4.69, 9.17) is 0 Å². The molecule has 4 nitrogen and oxygen atoms in total. The summed E-state index contributed by atoms with van der Waals surface area (Å²) in [5.74, 6) is -0.220. The highest BCUT2D eigenvalue weighted by Gasteiger charge is 2.12. The summed E-state index contributed by atoms with van der Waals surface area (Å²) in [6.07, 6.45) is 8.51. The Morgan fingerprint density at radius 3 is 2.91 bits per heavy atom. The number of benzene rings is 1. The molecule has 3 aromatic rings. The molecule has 0 radical (unpaired) electrons. The number of H-pyrrole nitrogens is 1. The summed E-state index contributed by atoms with van der Waals surface area (Å²) in [7, 11) is 0. The molecule has 0 unspecified atom stereocenters. The number of hydrogen-bond donors (Lipinski definition) is 1. The van der Waals surface area contributed by atoms with E-state index >= 15 is 0 Å². The lowest BCUT2D eigenvalue weighted by Gasteiger charge is -2.13. The van der Waals surface area contributed by atoms with Crippen LogP contribution in [0.3, 0.4) is 0 Å². The average Bonchev–Trinajstić information content (AvgIpc) is 3.25. The van der Waals surface area contributed by atoms with Crippen LogP contribution in [0.5, 0.6) is 0 Å². The van der Waals surface area contributed by atoms with Crippen LogP contribution in [-0.4, -0.2) is 39.3 Å². The predicted molar refractivity (Wildman–Crippen MR) is 85.2 cm³/mol. The Labute approximate surface area is 128 Å². The Balaban J connectivity index is 1.54. The lowest BCUT2D eigenvalue weighted by atomic mass is 10.1. The molecule has 0 amide bonds. The summed E-state index contributed by atoms with van der Waals surface area (Å²) < 4.78 is 15.3. The van der Waals surface area contributed by atoms with Crippen LogP contribution in [0.2, 0.25) is 0 Å². The van der Waals surface area contributed by atoms with Gasteiger partial charge in [0, 0.05) is 41.0 Å². The van der Waals surface area contributed by atoms with Crippen LogP contribution in [0.15, 0.2) is 36.8 Å². The lowest BCUT2D eigenvalue weighted by molar-refractivity contribution is 0.316. The van der Waals surface area contributed by atoms with Crippen LogP contribution in [0.25, 0.3) is 22.0 Å². The van der Waals surface area contributed by atoms with Crippen molar-refractivity contribution in [2.45, 2.75) is 19.4 Å². The molecule has 1 saturated heterocycles. The van der Waals surface area contributed by atoms with Gasteiger partial charge in [0.15, 0.2) is 0 Å². The van der Waals surface area contributed by atoms with Crippen molar-refractivity contribution in [3.05, 3.63) is 42.6 Å². The van der Waals surface area contributed by atoms with Gasteiger partial charge in [0.05, 0.1) is 12.7 Å². The molecule has 1 aromatic carbocycles. The van der Waals surface area contributed by atoms with E-state index in [1.165, 1.54) is 38.1 Å². The SMILES string of the molecule is Fc1ccc2c(-c3cnn(CCN4CCCC4)c3)c[nH]c2c1. The highest BCUT2D eigenvalue weighted by molar-refractivity contribution is 5.95. The van der Waals surface area contributed by atoms with E-state index in [1.807, 2.05) is 23.1 Å². The van der Waals surface area contributed by atoms with Gasteiger partial charge in [-0.3, -0.25) is 4.68 Å². The number of fused-ring (bicyclic) bond motifs is 1. The van der Waals surface area contributed by atoms with Crippen LogP contribution in [0.1, 0.15) is 12.8 Å². The first kappa shape index (κ1) is 13.5. The summed E-state index contributed by atoms with van der Waals surface area (Å²) in [6.45, 7) is 4.39. The summed E-state index contributed by atoms with van der Waals surface area (Å²) in [4.78, 5) is 5.61. The first-order chi connectivity index (χ1) is 10.8. The van der Waals surface area contributed by atoms with Gasteiger partial charge in [-0.05, 0) is 44.1 Å². The quantitative estimate of drug-likeness (QED) is 0.802. The van der Waals surface area contributed by atoms with Gasteiger partial charge in [-0.2, -0.15) is 5.10 Å². The van der Waals surface area contributed by atoms with E-state index in [2.05, 4.69) is 21.2 Å². The zero-order valence-corrected chi connectivity index (χ0v) is 12.4. The number of likely N-dealkylation sites (tertiary alicyclic amines) is 1. The normalized spacial score (nSPS) is 15.9. The van der Waals surface area contributed by atoms with Crippen LogP contribution in [0, 0.1) is 5.82 Å². The van der Waals surface area contributed by atoms with Crippen LogP contribution in [0.4, 0.5) is 4.39 Å². The molecule has 0 aliphatic carbocycles. The van der Waals surface area contributed by atoms with Crippen molar-refractivity contribution in [3.63, 3.8) is 0 Å². The lowest BCUT2D eigenvalue weighted by Crippen LogP contribution is -2.24. The predicted octanol–water partition coefficient (Wildman–Crippen LogP) is 3.27. The monoisotopic (exact) mass is 298 g/mol. The number of nitrogens with zero attached hydrogens (tertiary/aromatic N) is 3. The summed E-state index contributed by atoms with van der Waals surface area (Å²) in [5, 5.41) is 5.49.